The van der Waals surface area contributed by atoms with Crippen molar-refractivity contribution in [3.8, 4) is 0 Å². The lowest BCUT2D eigenvalue weighted by molar-refractivity contribution is 0.576. The van der Waals surface area contributed by atoms with Crippen molar-refractivity contribution >= 4 is 10.2 Å². The van der Waals surface area contributed by atoms with Crippen LogP contribution in [-0.2, 0) is 10.2 Å². The summed E-state index contributed by atoms with van der Waals surface area (Å²) in [6.45, 7) is 3.38. The zero-order valence-electron chi connectivity index (χ0n) is 8.32. The lowest BCUT2D eigenvalue weighted by Crippen LogP contribution is -2.20. The molecule has 7 heteroatoms. The van der Waals surface area contributed by atoms with Gasteiger partial charge >= 0.3 is 10.2 Å². The first kappa shape index (κ1) is 9.91. The summed E-state index contributed by atoms with van der Waals surface area (Å²) < 4.78 is 26.1. The minimum absolute atomic E-state index is 0.432. The van der Waals surface area contributed by atoms with E-state index in [4.69, 9.17) is 0 Å². The van der Waals surface area contributed by atoms with Gasteiger partial charge in [-0.1, -0.05) is 0 Å². The molecule has 0 spiro atoms. The molecule has 0 saturated heterocycles. The quantitative estimate of drug-likeness (QED) is 0.740. The highest BCUT2D eigenvalue weighted by atomic mass is 32.2. The highest BCUT2D eigenvalue weighted by molar-refractivity contribution is 7.88. The molecule has 0 atom stereocenters. The van der Waals surface area contributed by atoms with Crippen molar-refractivity contribution in [3.63, 3.8) is 0 Å². The first-order valence-corrected chi connectivity index (χ1v) is 5.68. The van der Waals surface area contributed by atoms with E-state index in [0.717, 1.165) is 7.94 Å². The molecule has 0 fully saturated rings. The number of imidazole rings is 2. The van der Waals surface area contributed by atoms with Gasteiger partial charge in [-0.2, -0.15) is 8.42 Å². The van der Waals surface area contributed by atoms with Gasteiger partial charge in [-0.25, -0.2) is 17.9 Å². The average Bonchev–Trinajstić information content (AvgIpc) is 2.74. The summed E-state index contributed by atoms with van der Waals surface area (Å²) in [5.74, 6) is 0.432. The van der Waals surface area contributed by atoms with E-state index in [1.54, 1.807) is 13.8 Å². The predicted molar refractivity (Wildman–Crippen MR) is 53.6 cm³/mol. The van der Waals surface area contributed by atoms with Gasteiger partial charge in [-0.15, -0.1) is 0 Å². The summed E-state index contributed by atoms with van der Waals surface area (Å²) in [6, 6.07) is 0. The van der Waals surface area contributed by atoms with Gasteiger partial charge in [0.15, 0.2) is 0 Å². The zero-order valence-corrected chi connectivity index (χ0v) is 9.14. The second-order valence-electron chi connectivity index (χ2n) is 3.13. The summed E-state index contributed by atoms with van der Waals surface area (Å²) in [5.41, 5.74) is 0.663. The summed E-state index contributed by atoms with van der Waals surface area (Å²) in [5, 5.41) is 0. The average molecular weight is 226 g/mol. The molecule has 0 aliphatic carbocycles. The second kappa shape index (κ2) is 3.20. The lowest BCUT2D eigenvalue weighted by Gasteiger charge is -2.06. The highest BCUT2D eigenvalue weighted by Crippen LogP contribution is 2.07. The molecule has 2 rings (SSSR count). The van der Waals surface area contributed by atoms with Crippen LogP contribution in [0.5, 0.6) is 0 Å². The molecule has 0 aliphatic rings. The molecule has 2 heterocycles. The van der Waals surface area contributed by atoms with E-state index >= 15 is 0 Å². The fourth-order valence-electron chi connectivity index (χ4n) is 1.31. The third-order valence-electron chi connectivity index (χ3n) is 1.96. The SMILES string of the molecule is Cc1cn(S(=O)(=O)n2ccnc2)c(C)n1. The van der Waals surface area contributed by atoms with Crippen molar-refractivity contribution in [1.29, 1.82) is 0 Å². The fourth-order valence-corrected chi connectivity index (χ4v) is 2.56. The number of rotatable bonds is 2. The summed E-state index contributed by atoms with van der Waals surface area (Å²) >= 11 is 0. The Hall–Kier alpha value is -1.63. The van der Waals surface area contributed by atoms with E-state index in [2.05, 4.69) is 9.97 Å². The summed E-state index contributed by atoms with van der Waals surface area (Å²) in [4.78, 5) is 7.74. The van der Waals surface area contributed by atoms with E-state index in [9.17, 15) is 8.42 Å². The van der Waals surface area contributed by atoms with Crippen LogP contribution in [0.15, 0.2) is 24.9 Å². The largest absolute Gasteiger partial charge is 0.335 e. The first-order chi connectivity index (χ1) is 7.01. The van der Waals surface area contributed by atoms with Crippen LogP contribution >= 0.6 is 0 Å². The number of hydrogen-bond acceptors (Lipinski definition) is 4. The summed E-state index contributed by atoms with van der Waals surface area (Å²) in [6.07, 6.45) is 5.51. The molecule has 15 heavy (non-hydrogen) atoms. The van der Waals surface area contributed by atoms with Crippen molar-refractivity contribution in [3.05, 3.63) is 36.4 Å². The molecule has 0 unspecified atom stereocenters. The Bertz CT molecular complexity index is 568. The van der Waals surface area contributed by atoms with Crippen LogP contribution in [0.3, 0.4) is 0 Å². The first-order valence-electron chi connectivity index (χ1n) is 4.28. The molecule has 0 aliphatic heterocycles. The molecule has 0 bridgehead atoms. The number of aryl methyl sites for hydroxylation is 2. The normalized spacial score (nSPS) is 11.9. The van der Waals surface area contributed by atoms with Crippen LogP contribution in [0.4, 0.5) is 0 Å². The summed E-state index contributed by atoms with van der Waals surface area (Å²) in [7, 11) is -3.60. The molecular weight excluding hydrogens is 216 g/mol. The molecule has 0 saturated carbocycles. The van der Waals surface area contributed by atoms with Gasteiger partial charge in [0, 0.05) is 18.6 Å². The van der Waals surface area contributed by atoms with Gasteiger partial charge in [-0.3, -0.25) is 0 Å². The van der Waals surface area contributed by atoms with Gasteiger partial charge in [0.1, 0.15) is 12.2 Å². The second-order valence-corrected chi connectivity index (χ2v) is 4.84. The van der Waals surface area contributed by atoms with Gasteiger partial charge < -0.3 is 0 Å². The van der Waals surface area contributed by atoms with E-state index in [-0.39, 0.29) is 0 Å². The van der Waals surface area contributed by atoms with Crippen LogP contribution in [-0.4, -0.2) is 26.3 Å². The van der Waals surface area contributed by atoms with Crippen LogP contribution in [0, 0.1) is 13.8 Å². The van der Waals surface area contributed by atoms with Gasteiger partial charge in [-0.05, 0) is 13.8 Å². The Morgan fingerprint density at radius 2 is 2.07 bits per heavy atom. The Labute approximate surface area is 87.4 Å². The third kappa shape index (κ3) is 1.54. The molecule has 6 nitrogen and oxygen atoms in total. The monoisotopic (exact) mass is 226 g/mol. The smallest absolute Gasteiger partial charge is 0.244 e. The maximum Gasteiger partial charge on any atom is 0.335 e. The van der Waals surface area contributed by atoms with E-state index < -0.39 is 10.2 Å². The van der Waals surface area contributed by atoms with Crippen molar-refractivity contribution < 1.29 is 8.42 Å². The standard InChI is InChI=1S/C8H10N4O2S/c1-7-5-12(8(2)10-7)15(13,14)11-4-3-9-6-11/h3-6H,1-2H3. The van der Waals surface area contributed by atoms with Gasteiger partial charge in [0.25, 0.3) is 0 Å². The van der Waals surface area contributed by atoms with Crippen LogP contribution in [0.25, 0.3) is 0 Å². The van der Waals surface area contributed by atoms with E-state index in [1.807, 2.05) is 0 Å². The fraction of sp³-hybridized carbons (Fsp3) is 0.250. The zero-order chi connectivity index (χ0) is 11.1. The molecular formula is C8H10N4O2S. The molecule has 2 aromatic rings. The van der Waals surface area contributed by atoms with Crippen LogP contribution in [0.2, 0.25) is 0 Å². The molecule has 0 amide bonds. The Kier molecular flexibility index (Phi) is 2.11. The number of aromatic nitrogens is 4. The topological polar surface area (TPSA) is 69.8 Å². The van der Waals surface area contributed by atoms with Gasteiger partial charge in [0.2, 0.25) is 0 Å². The van der Waals surface area contributed by atoms with Crippen LogP contribution in [0.1, 0.15) is 11.5 Å². The number of nitrogens with zero attached hydrogens (tertiary/aromatic N) is 4. The third-order valence-corrected chi connectivity index (χ3v) is 3.57. The van der Waals surface area contributed by atoms with E-state index in [1.165, 1.54) is 24.9 Å². The van der Waals surface area contributed by atoms with Gasteiger partial charge in [0.05, 0.1) is 5.69 Å². The maximum atomic E-state index is 12.0. The molecule has 0 radical (unpaired) electrons. The van der Waals surface area contributed by atoms with Crippen molar-refractivity contribution in [1.82, 2.24) is 17.9 Å². The van der Waals surface area contributed by atoms with E-state index in [0.29, 0.717) is 11.5 Å². The predicted octanol–water partition coefficient (Wildman–Crippen LogP) is 0.338. The minimum Gasteiger partial charge on any atom is -0.244 e. The van der Waals surface area contributed by atoms with Crippen molar-refractivity contribution in [2.24, 2.45) is 0 Å². The molecule has 0 N–H and O–H groups in total. The Morgan fingerprint density at radius 1 is 1.33 bits per heavy atom. The Balaban J connectivity index is 2.61. The number of hydrogen-bond donors (Lipinski definition) is 0. The maximum absolute atomic E-state index is 12.0. The molecule has 0 aromatic carbocycles. The highest BCUT2D eigenvalue weighted by Gasteiger charge is 2.17. The Morgan fingerprint density at radius 3 is 2.53 bits per heavy atom. The molecule has 80 valence electrons. The lowest BCUT2D eigenvalue weighted by atomic mass is 10.6. The van der Waals surface area contributed by atoms with Crippen LogP contribution < -0.4 is 0 Å². The molecule has 2 aromatic heterocycles. The van der Waals surface area contributed by atoms with Crippen molar-refractivity contribution in [2.75, 3.05) is 0 Å². The minimum atomic E-state index is -3.60. The van der Waals surface area contributed by atoms with Crippen molar-refractivity contribution in [2.45, 2.75) is 13.8 Å².